The molecule has 1 aromatic carbocycles. The second-order valence-corrected chi connectivity index (χ2v) is 5.94. The van der Waals surface area contributed by atoms with E-state index in [1.807, 2.05) is 0 Å². The van der Waals surface area contributed by atoms with E-state index in [4.69, 9.17) is 16.7 Å². The lowest BCUT2D eigenvalue weighted by atomic mass is 10.2. The largest absolute Gasteiger partial charge is 0.392 e. The average molecular weight is 320 g/mol. The second kappa shape index (κ2) is 5.39. The molecule has 6 nitrogen and oxygen atoms in total. The van der Waals surface area contributed by atoms with Gasteiger partial charge in [0.2, 0.25) is 5.03 Å². The van der Waals surface area contributed by atoms with Crippen molar-refractivity contribution < 1.29 is 17.9 Å². The van der Waals surface area contributed by atoms with Crippen LogP contribution in [0.15, 0.2) is 29.6 Å². The smallest absolute Gasteiger partial charge is 0.282 e. The van der Waals surface area contributed by atoms with Crippen LogP contribution in [0.4, 0.5) is 10.1 Å². The molecule has 9 heteroatoms. The van der Waals surface area contributed by atoms with Crippen molar-refractivity contribution in [2.75, 3.05) is 4.72 Å². The molecule has 20 heavy (non-hydrogen) atoms. The summed E-state index contributed by atoms with van der Waals surface area (Å²) in [7, 11) is -2.62. The van der Waals surface area contributed by atoms with E-state index >= 15 is 0 Å². The fraction of sp³-hybridized carbons (Fsp3) is 0.182. The summed E-state index contributed by atoms with van der Waals surface area (Å²) >= 11 is 5.81. The molecule has 2 aromatic rings. The van der Waals surface area contributed by atoms with Gasteiger partial charge in [0.1, 0.15) is 11.0 Å². The molecule has 0 amide bonds. The number of para-hydroxylation sites is 1. The molecule has 0 aliphatic heterocycles. The van der Waals surface area contributed by atoms with Crippen molar-refractivity contribution in [3.63, 3.8) is 0 Å². The van der Waals surface area contributed by atoms with E-state index in [0.717, 1.165) is 6.07 Å². The van der Waals surface area contributed by atoms with Crippen molar-refractivity contribution in [1.82, 2.24) is 9.55 Å². The zero-order valence-electron chi connectivity index (χ0n) is 10.3. The van der Waals surface area contributed by atoms with Crippen molar-refractivity contribution in [2.24, 2.45) is 7.05 Å². The van der Waals surface area contributed by atoms with E-state index in [9.17, 15) is 12.8 Å². The standard InChI is InChI=1S/C11H11ClFN3O3S/c1-16-6-14-11(10(16)12)20(18,19)15-9-7(5-17)3-2-4-8(9)13/h2-4,6,15,17H,5H2,1H3. The Bertz CT molecular complexity index is 745. The molecule has 0 fully saturated rings. The van der Waals surface area contributed by atoms with Gasteiger partial charge in [-0.15, -0.1) is 0 Å². The minimum atomic E-state index is -4.14. The molecule has 0 aliphatic carbocycles. The van der Waals surface area contributed by atoms with Crippen LogP contribution in [0, 0.1) is 5.82 Å². The SMILES string of the molecule is Cn1cnc(S(=O)(=O)Nc2c(F)cccc2CO)c1Cl. The number of imidazole rings is 1. The number of hydrogen-bond donors (Lipinski definition) is 2. The number of halogens is 2. The molecule has 0 saturated heterocycles. The molecule has 0 radical (unpaired) electrons. The second-order valence-electron chi connectivity index (χ2n) is 3.99. The lowest BCUT2D eigenvalue weighted by Crippen LogP contribution is -2.16. The van der Waals surface area contributed by atoms with Crippen LogP contribution in [0.2, 0.25) is 5.15 Å². The number of sulfonamides is 1. The van der Waals surface area contributed by atoms with Gasteiger partial charge in [-0.25, -0.2) is 9.37 Å². The number of nitrogens with zero attached hydrogens (tertiary/aromatic N) is 2. The molecular weight excluding hydrogens is 309 g/mol. The maximum Gasteiger partial charge on any atom is 0.282 e. The highest BCUT2D eigenvalue weighted by Crippen LogP contribution is 2.25. The molecule has 2 rings (SSSR count). The maximum absolute atomic E-state index is 13.7. The molecule has 0 unspecified atom stereocenters. The van der Waals surface area contributed by atoms with E-state index in [1.165, 1.54) is 30.1 Å². The summed E-state index contributed by atoms with van der Waals surface area (Å²) < 4.78 is 41.3. The number of aliphatic hydroxyl groups excluding tert-OH is 1. The Morgan fingerprint density at radius 3 is 2.75 bits per heavy atom. The summed E-state index contributed by atoms with van der Waals surface area (Å²) in [5.41, 5.74) is -0.211. The maximum atomic E-state index is 13.7. The summed E-state index contributed by atoms with van der Waals surface area (Å²) in [5, 5.41) is 8.62. The third-order valence-electron chi connectivity index (χ3n) is 2.60. The molecule has 1 aromatic heterocycles. The lowest BCUT2D eigenvalue weighted by Gasteiger charge is -2.11. The Balaban J connectivity index is 2.46. The number of benzene rings is 1. The van der Waals surface area contributed by atoms with E-state index in [2.05, 4.69) is 9.71 Å². The molecule has 0 saturated carbocycles. The predicted molar refractivity (Wildman–Crippen MR) is 71.3 cm³/mol. The summed E-state index contributed by atoms with van der Waals surface area (Å²) in [4.78, 5) is 3.66. The van der Waals surface area contributed by atoms with E-state index < -0.39 is 27.5 Å². The van der Waals surface area contributed by atoms with Crippen LogP contribution in [-0.4, -0.2) is 23.1 Å². The van der Waals surface area contributed by atoms with Crippen LogP contribution < -0.4 is 4.72 Å². The average Bonchev–Trinajstić information content (AvgIpc) is 2.73. The Kier molecular flexibility index (Phi) is 3.98. The van der Waals surface area contributed by atoms with Gasteiger partial charge < -0.3 is 9.67 Å². The first-order valence-corrected chi connectivity index (χ1v) is 7.31. The van der Waals surface area contributed by atoms with Gasteiger partial charge in [0.25, 0.3) is 10.0 Å². The molecule has 0 aliphatic rings. The van der Waals surface area contributed by atoms with Crippen molar-refractivity contribution >= 4 is 27.3 Å². The number of anilines is 1. The minimum Gasteiger partial charge on any atom is -0.392 e. The van der Waals surface area contributed by atoms with Crippen LogP contribution in [0.3, 0.4) is 0 Å². The third kappa shape index (κ3) is 2.62. The Morgan fingerprint density at radius 1 is 1.50 bits per heavy atom. The summed E-state index contributed by atoms with van der Waals surface area (Å²) in [6.45, 7) is -0.508. The van der Waals surface area contributed by atoms with Crippen LogP contribution in [0.1, 0.15) is 5.56 Å². The molecule has 2 N–H and O–H groups in total. The van der Waals surface area contributed by atoms with Gasteiger partial charge in [-0.1, -0.05) is 23.7 Å². The summed E-state index contributed by atoms with van der Waals surface area (Å²) in [6.07, 6.45) is 1.23. The highest BCUT2D eigenvalue weighted by molar-refractivity contribution is 7.92. The van der Waals surface area contributed by atoms with Gasteiger partial charge in [-0.05, 0) is 6.07 Å². The molecule has 0 spiro atoms. The topological polar surface area (TPSA) is 84.2 Å². The van der Waals surface area contributed by atoms with E-state index in [-0.39, 0.29) is 16.4 Å². The Morgan fingerprint density at radius 2 is 2.20 bits per heavy atom. The lowest BCUT2D eigenvalue weighted by molar-refractivity contribution is 0.282. The van der Waals surface area contributed by atoms with Crippen LogP contribution in [0.25, 0.3) is 0 Å². The first-order valence-electron chi connectivity index (χ1n) is 5.44. The predicted octanol–water partition coefficient (Wildman–Crippen LogP) is 1.51. The zero-order valence-corrected chi connectivity index (χ0v) is 11.9. The van der Waals surface area contributed by atoms with Gasteiger partial charge in [-0.3, -0.25) is 4.72 Å². The highest BCUT2D eigenvalue weighted by atomic mass is 35.5. The van der Waals surface area contributed by atoms with Gasteiger partial charge in [0.15, 0.2) is 0 Å². The van der Waals surface area contributed by atoms with Gasteiger partial charge >= 0.3 is 0 Å². The molecule has 0 atom stereocenters. The molecular formula is C11H11ClFN3O3S. The normalized spacial score (nSPS) is 11.6. The number of aliphatic hydroxyl groups is 1. The number of hydrogen-bond acceptors (Lipinski definition) is 4. The fourth-order valence-electron chi connectivity index (χ4n) is 1.57. The Hall–Kier alpha value is -1.64. The van der Waals surface area contributed by atoms with Crippen LogP contribution in [-0.2, 0) is 23.7 Å². The monoisotopic (exact) mass is 319 g/mol. The van der Waals surface area contributed by atoms with Crippen molar-refractivity contribution in [2.45, 2.75) is 11.6 Å². The summed E-state index contributed by atoms with van der Waals surface area (Å²) in [6, 6.07) is 3.85. The van der Waals surface area contributed by atoms with Crippen molar-refractivity contribution in [3.8, 4) is 0 Å². The molecule has 1 heterocycles. The fourth-order valence-corrected chi connectivity index (χ4v) is 3.11. The first-order chi connectivity index (χ1) is 9.36. The number of nitrogens with one attached hydrogen (secondary N) is 1. The first kappa shape index (κ1) is 14.8. The van der Waals surface area contributed by atoms with Gasteiger partial charge in [0, 0.05) is 12.6 Å². The van der Waals surface area contributed by atoms with Crippen LogP contribution >= 0.6 is 11.6 Å². The van der Waals surface area contributed by atoms with Gasteiger partial charge in [0.05, 0.1) is 18.6 Å². The van der Waals surface area contributed by atoms with Gasteiger partial charge in [-0.2, -0.15) is 8.42 Å². The minimum absolute atomic E-state index is 0.0978. The van der Waals surface area contributed by atoms with Crippen molar-refractivity contribution in [1.29, 1.82) is 0 Å². The molecule has 0 bridgehead atoms. The van der Waals surface area contributed by atoms with Crippen molar-refractivity contribution in [3.05, 3.63) is 41.1 Å². The zero-order chi connectivity index (χ0) is 14.9. The van der Waals surface area contributed by atoms with E-state index in [0.29, 0.717) is 0 Å². The number of rotatable bonds is 4. The number of aryl methyl sites for hydroxylation is 1. The molecule has 108 valence electrons. The van der Waals surface area contributed by atoms with E-state index in [1.54, 1.807) is 0 Å². The Labute approximate surface area is 119 Å². The third-order valence-corrected chi connectivity index (χ3v) is 4.43. The quantitative estimate of drug-likeness (QED) is 0.894. The number of aromatic nitrogens is 2. The van der Waals surface area contributed by atoms with Crippen LogP contribution in [0.5, 0.6) is 0 Å². The highest BCUT2D eigenvalue weighted by Gasteiger charge is 2.24. The summed E-state index contributed by atoms with van der Waals surface area (Å²) in [5.74, 6) is -0.799.